The second kappa shape index (κ2) is 8.22. The molecule has 4 heteroatoms. The Balaban J connectivity index is 1.65. The number of benzene rings is 3. The quantitative estimate of drug-likeness (QED) is 0.649. The van der Waals surface area contributed by atoms with Crippen molar-refractivity contribution in [2.24, 2.45) is 11.8 Å². The summed E-state index contributed by atoms with van der Waals surface area (Å²) in [5.74, 6) is 1.28. The van der Waals surface area contributed by atoms with E-state index >= 15 is 0 Å². The molecular formula is C24H24ClN3. The first-order valence-electron chi connectivity index (χ1n) is 9.77. The number of fused-ring (bicyclic) bond motifs is 1. The van der Waals surface area contributed by atoms with Crippen LogP contribution in [0.4, 0.5) is 5.69 Å². The van der Waals surface area contributed by atoms with E-state index in [1.807, 2.05) is 24.3 Å². The first kappa shape index (κ1) is 18.8. The van der Waals surface area contributed by atoms with Gasteiger partial charge in [-0.2, -0.15) is 5.26 Å². The van der Waals surface area contributed by atoms with Crippen LogP contribution >= 0.6 is 11.6 Å². The molecule has 3 aromatic rings. The van der Waals surface area contributed by atoms with Crippen molar-refractivity contribution in [3.8, 4) is 6.07 Å². The molecule has 0 saturated carbocycles. The van der Waals surface area contributed by atoms with Crippen LogP contribution in [0, 0.1) is 23.2 Å². The third-order valence-electron chi connectivity index (χ3n) is 5.76. The van der Waals surface area contributed by atoms with Gasteiger partial charge in [0.25, 0.3) is 0 Å². The van der Waals surface area contributed by atoms with Crippen LogP contribution in [-0.4, -0.2) is 19.6 Å². The van der Waals surface area contributed by atoms with Crippen molar-refractivity contribution in [2.75, 3.05) is 24.5 Å². The highest BCUT2D eigenvalue weighted by Crippen LogP contribution is 2.27. The van der Waals surface area contributed by atoms with E-state index in [1.54, 1.807) is 0 Å². The summed E-state index contributed by atoms with van der Waals surface area (Å²) >= 11 is 6.11. The fourth-order valence-corrected chi connectivity index (χ4v) is 4.17. The lowest BCUT2D eigenvalue weighted by molar-refractivity contribution is 0.446. The Morgan fingerprint density at radius 2 is 1.93 bits per heavy atom. The Morgan fingerprint density at radius 3 is 2.64 bits per heavy atom. The SMILES string of the molecule is CC1CNCC1CN(Cc1ccc2cccc(C#N)c2c1)c1ccc(Cl)cc1. The van der Waals surface area contributed by atoms with Crippen molar-refractivity contribution in [1.29, 1.82) is 5.26 Å². The molecule has 0 aliphatic carbocycles. The molecule has 1 saturated heterocycles. The number of nitrogens with one attached hydrogen (secondary N) is 1. The molecule has 1 heterocycles. The molecule has 2 unspecified atom stereocenters. The van der Waals surface area contributed by atoms with Gasteiger partial charge < -0.3 is 10.2 Å². The molecule has 2 atom stereocenters. The number of nitrogens with zero attached hydrogens (tertiary/aromatic N) is 2. The van der Waals surface area contributed by atoms with Crippen LogP contribution in [0.25, 0.3) is 10.8 Å². The highest BCUT2D eigenvalue weighted by atomic mass is 35.5. The highest BCUT2D eigenvalue weighted by Gasteiger charge is 2.25. The van der Waals surface area contributed by atoms with Gasteiger partial charge in [-0.1, -0.05) is 42.8 Å². The van der Waals surface area contributed by atoms with E-state index in [0.717, 1.165) is 47.5 Å². The van der Waals surface area contributed by atoms with Gasteiger partial charge in [0, 0.05) is 23.8 Å². The molecule has 0 radical (unpaired) electrons. The van der Waals surface area contributed by atoms with Gasteiger partial charge in [-0.15, -0.1) is 0 Å². The van der Waals surface area contributed by atoms with Crippen LogP contribution in [0.1, 0.15) is 18.1 Å². The summed E-state index contributed by atoms with van der Waals surface area (Å²) in [6, 6.07) is 22.7. The summed E-state index contributed by atoms with van der Waals surface area (Å²) < 4.78 is 0. The lowest BCUT2D eigenvalue weighted by Gasteiger charge is -2.29. The standard InChI is InChI=1S/C24H24ClN3/c1-17-13-27-14-21(17)16-28(23-9-7-22(25)8-10-23)15-18-5-6-19-3-2-4-20(12-26)24(19)11-18/h2-11,17,21,27H,13-16H2,1H3. The summed E-state index contributed by atoms with van der Waals surface area (Å²) in [5.41, 5.74) is 3.12. The molecule has 28 heavy (non-hydrogen) atoms. The van der Waals surface area contributed by atoms with Crippen molar-refractivity contribution in [2.45, 2.75) is 13.5 Å². The van der Waals surface area contributed by atoms with Crippen molar-refractivity contribution < 1.29 is 0 Å². The topological polar surface area (TPSA) is 39.1 Å². The van der Waals surface area contributed by atoms with Crippen LogP contribution in [0.3, 0.4) is 0 Å². The van der Waals surface area contributed by atoms with Gasteiger partial charge in [0.15, 0.2) is 0 Å². The van der Waals surface area contributed by atoms with Crippen LogP contribution in [0.2, 0.25) is 5.02 Å². The van der Waals surface area contributed by atoms with E-state index in [0.29, 0.717) is 11.8 Å². The van der Waals surface area contributed by atoms with E-state index in [4.69, 9.17) is 11.6 Å². The van der Waals surface area contributed by atoms with Crippen molar-refractivity contribution in [3.63, 3.8) is 0 Å². The molecule has 0 amide bonds. The van der Waals surface area contributed by atoms with Crippen molar-refractivity contribution >= 4 is 28.1 Å². The molecule has 1 fully saturated rings. The van der Waals surface area contributed by atoms with E-state index < -0.39 is 0 Å². The maximum atomic E-state index is 9.45. The second-order valence-electron chi connectivity index (χ2n) is 7.73. The lowest BCUT2D eigenvalue weighted by Crippen LogP contribution is -2.32. The minimum atomic E-state index is 0.616. The van der Waals surface area contributed by atoms with Crippen LogP contribution < -0.4 is 10.2 Å². The zero-order chi connectivity index (χ0) is 19.5. The third-order valence-corrected chi connectivity index (χ3v) is 6.02. The average molecular weight is 390 g/mol. The van der Waals surface area contributed by atoms with Gasteiger partial charge >= 0.3 is 0 Å². The molecule has 1 aliphatic heterocycles. The maximum Gasteiger partial charge on any atom is 0.0998 e. The number of hydrogen-bond donors (Lipinski definition) is 1. The molecule has 1 aliphatic rings. The molecule has 4 rings (SSSR count). The van der Waals surface area contributed by atoms with Crippen LogP contribution in [0.5, 0.6) is 0 Å². The summed E-state index contributed by atoms with van der Waals surface area (Å²) in [7, 11) is 0. The number of rotatable bonds is 5. The zero-order valence-electron chi connectivity index (χ0n) is 16.0. The maximum absolute atomic E-state index is 9.45. The van der Waals surface area contributed by atoms with E-state index in [9.17, 15) is 5.26 Å². The summed E-state index contributed by atoms with van der Waals surface area (Å²) in [4.78, 5) is 2.43. The van der Waals surface area contributed by atoms with Gasteiger partial charge in [-0.05, 0) is 77.7 Å². The van der Waals surface area contributed by atoms with Gasteiger partial charge in [0.05, 0.1) is 11.6 Å². The van der Waals surface area contributed by atoms with Gasteiger partial charge in [0.1, 0.15) is 0 Å². The minimum Gasteiger partial charge on any atom is -0.367 e. The zero-order valence-corrected chi connectivity index (χ0v) is 16.8. The molecule has 3 nitrogen and oxygen atoms in total. The number of anilines is 1. The van der Waals surface area contributed by atoms with Crippen molar-refractivity contribution in [3.05, 3.63) is 76.8 Å². The molecule has 0 bridgehead atoms. The predicted molar refractivity (Wildman–Crippen MR) is 117 cm³/mol. The second-order valence-corrected chi connectivity index (χ2v) is 8.16. The highest BCUT2D eigenvalue weighted by molar-refractivity contribution is 6.30. The first-order valence-corrected chi connectivity index (χ1v) is 10.1. The van der Waals surface area contributed by atoms with Gasteiger partial charge in [0.2, 0.25) is 0 Å². The van der Waals surface area contributed by atoms with E-state index in [2.05, 4.69) is 59.6 Å². The Morgan fingerprint density at radius 1 is 1.11 bits per heavy atom. The number of hydrogen-bond acceptors (Lipinski definition) is 3. The monoisotopic (exact) mass is 389 g/mol. The smallest absolute Gasteiger partial charge is 0.0998 e. The summed E-state index contributed by atoms with van der Waals surface area (Å²) in [6.07, 6.45) is 0. The van der Waals surface area contributed by atoms with Crippen LogP contribution in [-0.2, 0) is 6.54 Å². The number of nitriles is 1. The molecule has 3 aromatic carbocycles. The van der Waals surface area contributed by atoms with Crippen molar-refractivity contribution in [1.82, 2.24) is 5.32 Å². The third kappa shape index (κ3) is 3.99. The molecule has 0 aromatic heterocycles. The Kier molecular flexibility index (Phi) is 5.52. The fraction of sp³-hybridized carbons (Fsp3) is 0.292. The Hall–Kier alpha value is -2.54. The lowest BCUT2D eigenvalue weighted by atomic mass is 9.96. The van der Waals surface area contributed by atoms with Gasteiger partial charge in [-0.3, -0.25) is 0 Å². The normalized spacial score (nSPS) is 18.9. The Bertz CT molecular complexity index is 1010. The minimum absolute atomic E-state index is 0.616. The van der Waals surface area contributed by atoms with Gasteiger partial charge in [-0.25, -0.2) is 0 Å². The molecular weight excluding hydrogens is 366 g/mol. The first-order chi connectivity index (χ1) is 13.6. The van der Waals surface area contributed by atoms with Crippen LogP contribution in [0.15, 0.2) is 60.7 Å². The fourth-order valence-electron chi connectivity index (χ4n) is 4.04. The molecule has 142 valence electrons. The Labute approximate surface area is 171 Å². The summed E-state index contributed by atoms with van der Waals surface area (Å²) in [5, 5.41) is 15.8. The molecule has 1 N–H and O–H groups in total. The number of halogens is 1. The average Bonchev–Trinajstić information content (AvgIpc) is 3.12. The predicted octanol–water partition coefficient (Wildman–Crippen LogP) is 5.23. The largest absolute Gasteiger partial charge is 0.367 e. The molecule has 0 spiro atoms. The summed E-state index contributed by atoms with van der Waals surface area (Å²) in [6.45, 7) is 6.26. The van der Waals surface area contributed by atoms with E-state index in [1.165, 1.54) is 11.3 Å². The van der Waals surface area contributed by atoms with E-state index in [-0.39, 0.29) is 0 Å².